The molecule has 0 bridgehead atoms. The van der Waals surface area contributed by atoms with Crippen molar-refractivity contribution in [2.75, 3.05) is 0 Å². The molecule has 0 aliphatic rings. The van der Waals surface area contributed by atoms with Gasteiger partial charge in [0.25, 0.3) is 0 Å². The van der Waals surface area contributed by atoms with Gasteiger partial charge in [-0.05, 0) is 30.4 Å². The zero-order valence-electron chi connectivity index (χ0n) is 9.09. The molecule has 1 aromatic rings. The molecule has 0 fully saturated rings. The van der Waals surface area contributed by atoms with Gasteiger partial charge in [-0.1, -0.05) is 33.3 Å². The maximum Gasteiger partial charge on any atom is 0.0409 e. The number of aryl methyl sites for hydroxylation is 1. The topological polar surface area (TPSA) is 12.9 Å². The summed E-state index contributed by atoms with van der Waals surface area (Å²) in [5.41, 5.74) is 2.82. The van der Waals surface area contributed by atoms with Crippen LogP contribution in [0, 0.1) is 12.3 Å². The molecule has 13 heavy (non-hydrogen) atoms. The van der Waals surface area contributed by atoms with Crippen LogP contribution in [-0.2, 0) is 6.42 Å². The third-order valence-corrected chi connectivity index (χ3v) is 2.59. The first kappa shape index (κ1) is 10.2. The van der Waals surface area contributed by atoms with Gasteiger partial charge < -0.3 is 0 Å². The Bertz CT molecular complexity index is 259. The molecule has 0 spiro atoms. The van der Waals surface area contributed by atoms with E-state index in [0.717, 1.165) is 6.42 Å². The molecule has 0 saturated heterocycles. The minimum absolute atomic E-state index is 0.377. The Balaban J connectivity index is 2.69. The van der Waals surface area contributed by atoms with E-state index < -0.39 is 0 Å². The van der Waals surface area contributed by atoms with Crippen molar-refractivity contribution >= 4 is 0 Å². The second kappa shape index (κ2) is 3.91. The Kier molecular flexibility index (Phi) is 3.07. The summed E-state index contributed by atoms with van der Waals surface area (Å²) in [5.74, 6) is 0. The van der Waals surface area contributed by atoms with Crippen LogP contribution in [-0.4, -0.2) is 4.98 Å². The Morgan fingerprint density at radius 2 is 2.00 bits per heavy atom. The smallest absolute Gasteiger partial charge is 0.0409 e. The highest BCUT2D eigenvalue weighted by Gasteiger charge is 2.15. The number of aromatic nitrogens is 1. The van der Waals surface area contributed by atoms with E-state index in [1.165, 1.54) is 17.7 Å². The van der Waals surface area contributed by atoms with Crippen molar-refractivity contribution < 1.29 is 0 Å². The van der Waals surface area contributed by atoms with E-state index in [4.69, 9.17) is 0 Å². The normalized spacial score (nSPS) is 11.7. The van der Waals surface area contributed by atoms with E-state index in [-0.39, 0.29) is 0 Å². The van der Waals surface area contributed by atoms with Crippen LogP contribution in [0.4, 0.5) is 0 Å². The molecule has 1 aromatic heterocycles. The first-order valence-corrected chi connectivity index (χ1v) is 4.95. The van der Waals surface area contributed by atoms with Gasteiger partial charge in [-0.3, -0.25) is 4.98 Å². The lowest BCUT2D eigenvalue weighted by molar-refractivity contribution is 0.345. The zero-order valence-corrected chi connectivity index (χ0v) is 9.09. The number of hydrogen-bond donors (Lipinski definition) is 0. The highest BCUT2D eigenvalue weighted by molar-refractivity contribution is 5.13. The monoisotopic (exact) mass is 177 g/mol. The number of pyridine rings is 1. The predicted molar refractivity (Wildman–Crippen MR) is 56.8 cm³/mol. The van der Waals surface area contributed by atoms with Gasteiger partial charge in [0.1, 0.15) is 0 Å². The predicted octanol–water partition coefficient (Wildman–Crippen LogP) is 3.37. The third kappa shape index (κ3) is 3.17. The van der Waals surface area contributed by atoms with Crippen LogP contribution < -0.4 is 0 Å². The first-order valence-electron chi connectivity index (χ1n) is 4.95. The fourth-order valence-corrected chi connectivity index (χ4v) is 1.22. The fraction of sp³-hybridized carbons (Fsp3) is 0.583. The summed E-state index contributed by atoms with van der Waals surface area (Å²) in [6, 6.07) is 4.26. The van der Waals surface area contributed by atoms with Crippen molar-refractivity contribution in [3.8, 4) is 0 Å². The average Bonchev–Trinajstić information content (AvgIpc) is 2.09. The maximum absolute atomic E-state index is 4.41. The highest BCUT2D eigenvalue weighted by atomic mass is 14.7. The molecule has 0 saturated carbocycles. The molecule has 0 aliphatic heterocycles. The molecule has 0 amide bonds. The Labute approximate surface area is 81.2 Å². The summed E-state index contributed by atoms with van der Waals surface area (Å²) in [5, 5.41) is 0. The van der Waals surface area contributed by atoms with Gasteiger partial charge in [-0.2, -0.15) is 0 Å². The summed E-state index contributed by atoms with van der Waals surface area (Å²) in [7, 11) is 0. The van der Waals surface area contributed by atoms with Gasteiger partial charge in [0, 0.05) is 11.9 Å². The molecule has 72 valence electrons. The molecule has 0 aliphatic carbocycles. The van der Waals surface area contributed by atoms with Gasteiger partial charge in [0.2, 0.25) is 0 Å². The summed E-state index contributed by atoms with van der Waals surface area (Å²) in [6.45, 7) is 8.87. The van der Waals surface area contributed by atoms with Gasteiger partial charge in [0.05, 0.1) is 0 Å². The maximum atomic E-state index is 4.41. The number of nitrogens with zero attached hydrogens (tertiary/aromatic N) is 1. The van der Waals surface area contributed by atoms with Crippen molar-refractivity contribution in [3.05, 3.63) is 29.6 Å². The second-order valence-electron chi connectivity index (χ2n) is 4.52. The molecule has 0 atom stereocenters. The average molecular weight is 177 g/mol. The lowest BCUT2D eigenvalue weighted by atomic mass is 9.85. The van der Waals surface area contributed by atoms with Crippen LogP contribution in [0.3, 0.4) is 0 Å². The largest absolute Gasteiger partial charge is 0.261 e. The van der Waals surface area contributed by atoms with E-state index in [2.05, 4.69) is 44.8 Å². The van der Waals surface area contributed by atoms with Crippen LogP contribution in [0.25, 0.3) is 0 Å². The summed E-state index contributed by atoms with van der Waals surface area (Å²) < 4.78 is 0. The fourth-order valence-electron chi connectivity index (χ4n) is 1.22. The Hall–Kier alpha value is -0.850. The molecule has 1 nitrogen and oxygen atoms in total. The number of hydrogen-bond acceptors (Lipinski definition) is 1. The molecular formula is C12H19N. The SMILES string of the molecule is CCC(C)(C)Cc1ccc(C)cn1. The van der Waals surface area contributed by atoms with Crippen molar-refractivity contribution in [3.63, 3.8) is 0 Å². The lowest BCUT2D eigenvalue weighted by Crippen LogP contribution is -2.14. The van der Waals surface area contributed by atoms with E-state index in [1.807, 2.05) is 6.20 Å². The number of rotatable bonds is 3. The zero-order chi connectivity index (χ0) is 9.90. The van der Waals surface area contributed by atoms with Gasteiger partial charge in [0.15, 0.2) is 0 Å². The van der Waals surface area contributed by atoms with Crippen LogP contribution in [0.2, 0.25) is 0 Å². The van der Waals surface area contributed by atoms with Crippen LogP contribution in [0.15, 0.2) is 18.3 Å². The molecular weight excluding hydrogens is 158 g/mol. The van der Waals surface area contributed by atoms with Gasteiger partial charge in [-0.15, -0.1) is 0 Å². The van der Waals surface area contributed by atoms with Gasteiger partial charge >= 0.3 is 0 Å². The van der Waals surface area contributed by atoms with Crippen LogP contribution >= 0.6 is 0 Å². The molecule has 0 N–H and O–H groups in total. The molecule has 0 unspecified atom stereocenters. The molecule has 0 aromatic carbocycles. The minimum atomic E-state index is 0.377. The van der Waals surface area contributed by atoms with Crippen molar-refractivity contribution in [2.24, 2.45) is 5.41 Å². The summed E-state index contributed by atoms with van der Waals surface area (Å²) in [4.78, 5) is 4.41. The van der Waals surface area contributed by atoms with E-state index in [1.54, 1.807) is 0 Å². The molecule has 1 heterocycles. The second-order valence-corrected chi connectivity index (χ2v) is 4.52. The van der Waals surface area contributed by atoms with Gasteiger partial charge in [-0.25, -0.2) is 0 Å². The Morgan fingerprint density at radius 3 is 2.46 bits per heavy atom. The molecule has 0 radical (unpaired) electrons. The Morgan fingerprint density at radius 1 is 1.31 bits per heavy atom. The minimum Gasteiger partial charge on any atom is -0.261 e. The van der Waals surface area contributed by atoms with Crippen molar-refractivity contribution in [1.82, 2.24) is 4.98 Å². The first-order chi connectivity index (χ1) is 6.03. The summed E-state index contributed by atoms with van der Waals surface area (Å²) >= 11 is 0. The van der Waals surface area contributed by atoms with Crippen molar-refractivity contribution in [1.29, 1.82) is 0 Å². The van der Waals surface area contributed by atoms with E-state index >= 15 is 0 Å². The van der Waals surface area contributed by atoms with E-state index in [0.29, 0.717) is 5.41 Å². The quantitative estimate of drug-likeness (QED) is 0.689. The van der Waals surface area contributed by atoms with Crippen molar-refractivity contribution in [2.45, 2.75) is 40.5 Å². The van der Waals surface area contributed by atoms with Crippen LogP contribution in [0.5, 0.6) is 0 Å². The highest BCUT2D eigenvalue weighted by Crippen LogP contribution is 2.24. The third-order valence-electron chi connectivity index (χ3n) is 2.59. The van der Waals surface area contributed by atoms with Crippen LogP contribution in [0.1, 0.15) is 38.4 Å². The standard InChI is InChI=1S/C12H19N/c1-5-12(3,4)8-11-7-6-10(2)9-13-11/h6-7,9H,5,8H2,1-4H3. The van der Waals surface area contributed by atoms with E-state index in [9.17, 15) is 0 Å². The lowest BCUT2D eigenvalue weighted by Gasteiger charge is -2.21. The molecule has 1 rings (SSSR count). The summed E-state index contributed by atoms with van der Waals surface area (Å²) in [6.07, 6.45) is 4.22. The molecule has 1 heteroatoms.